The molecule has 2 rings (SSSR count). The number of pyridine rings is 1. The maximum Gasteiger partial charge on any atom is 0.123 e. The van der Waals surface area contributed by atoms with Crippen molar-refractivity contribution in [2.75, 3.05) is 24.6 Å². The van der Waals surface area contributed by atoms with Gasteiger partial charge in [-0.1, -0.05) is 13.0 Å². The largest absolute Gasteiger partial charge is 0.384 e. The first-order chi connectivity index (χ1) is 7.24. The molecule has 1 saturated heterocycles. The highest BCUT2D eigenvalue weighted by atomic mass is 32.2. The molecule has 2 N–H and O–H groups in total. The molecule has 0 aliphatic carbocycles. The molecule has 0 bridgehead atoms. The average molecular weight is 223 g/mol. The van der Waals surface area contributed by atoms with Crippen molar-refractivity contribution < 1.29 is 0 Å². The lowest BCUT2D eigenvalue weighted by molar-refractivity contribution is 0.275. The fourth-order valence-electron chi connectivity index (χ4n) is 1.85. The summed E-state index contributed by atoms with van der Waals surface area (Å²) in [6.45, 7) is 5.52. The molecule has 0 amide bonds. The quantitative estimate of drug-likeness (QED) is 0.827. The molecule has 1 aromatic heterocycles. The molecule has 1 aromatic rings. The predicted octanol–water partition coefficient (Wildman–Crippen LogP) is 1.60. The summed E-state index contributed by atoms with van der Waals surface area (Å²) in [6.07, 6.45) is 0. The monoisotopic (exact) mass is 223 g/mol. The summed E-state index contributed by atoms with van der Waals surface area (Å²) in [6, 6.07) is 5.85. The zero-order chi connectivity index (χ0) is 10.7. The van der Waals surface area contributed by atoms with Gasteiger partial charge in [-0.2, -0.15) is 11.8 Å². The molecule has 1 aliphatic heterocycles. The van der Waals surface area contributed by atoms with Crippen molar-refractivity contribution in [1.82, 2.24) is 9.88 Å². The van der Waals surface area contributed by atoms with Crippen LogP contribution in [0.2, 0.25) is 0 Å². The minimum atomic E-state index is 0.618. The third kappa shape index (κ3) is 3.11. The van der Waals surface area contributed by atoms with Gasteiger partial charge in [0.2, 0.25) is 0 Å². The minimum absolute atomic E-state index is 0.618. The van der Waals surface area contributed by atoms with Crippen molar-refractivity contribution in [3.8, 4) is 0 Å². The second-order valence-electron chi connectivity index (χ2n) is 3.97. The number of hydrogen-bond acceptors (Lipinski definition) is 4. The van der Waals surface area contributed by atoms with Gasteiger partial charge in [-0.25, -0.2) is 4.98 Å². The average Bonchev–Trinajstić information content (AvgIpc) is 2.17. The lowest BCUT2D eigenvalue weighted by Gasteiger charge is -2.30. The zero-order valence-corrected chi connectivity index (χ0v) is 9.83. The van der Waals surface area contributed by atoms with E-state index in [4.69, 9.17) is 5.73 Å². The smallest absolute Gasteiger partial charge is 0.123 e. The molecule has 3 nitrogen and oxygen atoms in total. The van der Waals surface area contributed by atoms with E-state index < -0.39 is 0 Å². The second kappa shape index (κ2) is 4.86. The Morgan fingerprint density at radius 3 is 3.20 bits per heavy atom. The van der Waals surface area contributed by atoms with Crippen molar-refractivity contribution in [2.45, 2.75) is 18.7 Å². The van der Waals surface area contributed by atoms with Crippen molar-refractivity contribution >= 4 is 17.6 Å². The first kappa shape index (κ1) is 10.8. The van der Waals surface area contributed by atoms with Crippen LogP contribution in [-0.2, 0) is 6.54 Å². The number of nitrogen functional groups attached to an aromatic ring is 1. The second-order valence-corrected chi connectivity index (χ2v) is 5.52. The lowest BCUT2D eigenvalue weighted by Crippen LogP contribution is -2.36. The normalized spacial score (nSPS) is 22.9. The molecular weight excluding hydrogens is 206 g/mol. The van der Waals surface area contributed by atoms with Crippen LogP contribution >= 0.6 is 11.8 Å². The van der Waals surface area contributed by atoms with Gasteiger partial charge in [-0.3, -0.25) is 4.90 Å². The minimum Gasteiger partial charge on any atom is -0.384 e. The fraction of sp³-hybridized carbons (Fsp3) is 0.545. The molecule has 0 aromatic carbocycles. The first-order valence-electron chi connectivity index (χ1n) is 5.29. The molecule has 0 saturated carbocycles. The van der Waals surface area contributed by atoms with E-state index in [0.717, 1.165) is 30.6 Å². The van der Waals surface area contributed by atoms with Gasteiger partial charge in [0.15, 0.2) is 0 Å². The predicted molar refractivity (Wildman–Crippen MR) is 65.8 cm³/mol. The molecule has 0 radical (unpaired) electrons. The first-order valence-corrected chi connectivity index (χ1v) is 6.34. The number of rotatable bonds is 2. The Morgan fingerprint density at radius 1 is 1.60 bits per heavy atom. The van der Waals surface area contributed by atoms with Crippen molar-refractivity contribution in [3.63, 3.8) is 0 Å². The van der Waals surface area contributed by atoms with Crippen LogP contribution in [0.5, 0.6) is 0 Å². The molecule has 1 fully saturated rings. The van der Waals surface area contributed by atoms with Gasteiger partial charge in [-0.05, 0) is 12.1 Å². The summed E-state index contributed by atoms with van der Waals surface area (Å²) in [7, 11) is 0. The highest BCUT2D eigenvalue weighted by Crippen LogP contribution is 2.19. The molecule has 82 valence electrons. The van der Waals surface area contributed by atoms with Crippen LogP contribution in [-0.4, -0.2) is 34.0 Å². The maximum atomic E-state index is 5.66. The fourth-order valence-corrected chi connectivity index (χ4v) is 2.93. The summed E-state index contributed by atoms with van der Waals surface area (Å²) < 4.78 is 0. The van der Waals surface area contributed by atoms with Crippen LogP contribution < -0.4 is 5.73 Å². The Morgan fingerprint density at radius 2 is 2.47 bits per heavy atom. The molecule has 1 unspecified atom stereocenters. The SMILES string of the molecule is CC1CN(Cc2cccc(N)n2)CCS1. The van der Waals surface area contributed by atoms with Gasteiger partial charge in [0.1, 0.15) is 5.82 Å². The summed E-state index contributed by atoms with van der Waals surface area (Å²) in [5, 5.41) is 0.736. The summed E-state index contributed by atoms with van der Waals surface area (Å²) >= 11 is 2.05. The van der Waals surface area contributed by atoms with Gasteiger partial charge < -0.3 is 5.73 Å². The zero-order valence-electron chi connectivity index (χ0n) is 9.02. The van der Waals surface area contributed by atoms with E-state index in [9.17, 15) is 0 Å². The van der Waals surface area contributed by atoms with Crippen LogP contribution in [0.15, 0.2) is 18.2 Å². The number of nitrogens with zero attached hydrogens (tertiary/aromatic N) is 2. The molecule has 1 aliphatic rings. The van der Waals surface area contributed by atoms with E-state index in [0.29, 0.717) is 5.82 Å². The Balaban J connectivity index is 1.96. The van der Waals surface area contributed by atoms with Gasteiger partial charge in [0.05, 0.1) is 5.69 Å². The molecule has 0 spiro atoms. The van der Waals surface area contributed by atoms with Crippen LogP contribution in [0.25, 0.3) is 0 Å². The lowest BCUT2D eigenvalue weighted by atomic mass is 10.3. The molecule has 1 atom stereocenters. The van der Waals surface area contributed by atoms with E-state index in [1.165, 1.54) is 5.75 Å². The van der Waals surface area contributed by atoms with Crippen molar-refractivity contribution in [1.29, 1.82) is 0 Å². The number of nitrogens with two attached hydrogens (primary N) is 1. The highest BCUT2D eigenvalue weighted by Gasteiger charge is 2.16. The third-order valence-electron chi connectivity index (χ3n) is 2.54. The molecule has 4 heteroatoms. The van der Waals surface area contributed by atoms with E-state index in [-0.39, 0.29) is 0 Å². The van der Waals surface area contributed by atoms with Crippen LogP contribution in [0.4, 0.5) is 5.82 Å². The Bertz CT molecular complexity index is 329. The Hall–Kier alpha value is -0.740. The van der Waals surface area contributed by atoms with E-state index in [1.807, 2.05) is 30.0 Å². The van der Waals surface area contributed by atoms with Crippen LogP contribution in [0.3, 0.4) is 0 Å². The Kier molecular flexibility index (Phi) is 3.49. The number of aromatic nitrogens is 1. The Labute approximate surface area is 95.1 Å². The maximum absolute atomic E-state index is 5.66. The van der Waals surface area contributed by atoms with Gasteiger partial charge in [0.25, 0.3) is 0 Å². The topological polar surface area (TPSA) is 42.1 Å². The third-order valence-corrected chi connectivity index (χ3v) is 3.68. The van der Waals surface area contributed by atoms with Crippen molar-refractivity contribution in [3.05, 3.63) is 23.9 Å². The van der Waals surface area contributed by atoms with Crippen LogP contribution in [0, 0.1) is 0 Å². The highest BCUT2D eigenvalue weighted by molar-refractivity contribution is 7.99. The van der Waals surface area contributed by atoms with Gasteiger partial charge >= 0.3 is 0 Å². The van der Waals surface area contributed by atoms with Gasteiger partial charge in [-0.15, -0.1) is 0 Å². The molecule has 2 heterocycles. The van der Waals surface area contributed by atoms with E-state index in [1.54, 1.807) is 0 Å². The van der Waals surface area contributed by atoms with Crippen LogP contribution in [0.1, 0.15) is 12.6 Å². The number of hydrogen-bond donors (Lipinski definition) is 1. The summed E-state index contributed by atoms with van der Waals surface area (Å²) in [5.41, 5.74) is 6.74. The molecular formula is C11H17N3S. The van der Waals surface area contributed by atoms with Gasteiger partial charge in [0, 0.05) is 30.6 Å². The number of thioether (sulfide) groups is 1. The molecule has 15 heavy (non-hydrogen) atoms. The number of anilines is 1. The summed E-state index contributed by atoms with van der Waals surface area (Å²) in [4.78, 5) is 6.77. The standard InChI is InChI=1S/C11H17N3S/c1-9-7-14(5-6-15-9)8-10-3-2-4-11(12)13-10/h2-4,9H,5-8H2,1H3,(H2,12,13). The van der Waals surface area contributed by atoms with Crippen molar-refractivity contribution in [2.24, 2.45) is 0 Å². The van der Waals surface area contributed by atoms with E-state index >= 15 is 0 Å². The summed E-state index contributed by atoms with van der Waals surface area (Å²) in [5.74, 6) is 1.84. The van der Waals surface area contributed by atoms with E-state index in [2.05, 4.69) is 16.8 Å².